The third kappa shape index (κ3) is 5.01. The first-order valence-corrected chi connectivity index (χ1v) is 13.7. The number of aryl methyl sites for hydroxylation is 1. The lowest BCUT2D eigenvalue weighted by molar-refractivity contribution is 0.103. The van der Waals surface area contributed by atoms with Gasteiger partial charge in [0, 0.05) is 55.4 Å². The van der Waals surface area contributed by atoms with E-state index < -0.39 is 0 Å². The van der Waals surface area contributed by atoms with Gasteiger partial charge in [-0.05, 0) is 49.2 Å². The lowest BCUT2D eigenvalue weighted by atomic mass is 10.2. The number of para-hydroxylation sites is 1. The second-order valence-corrected chi connectivity index (χ2v) is 11.1. The minimum atomic E-state index is -0.192. The molecule has 3 N–H and O–H groups in total. The van der Waals surface area contributed by atoms with Crippen molar-refractivity contribution in [3.8, 4) is 21.1 Å². The topological polar surface area (TPSA) is 110 Å². The van der Waals surface area contributed by atoms with Gasteiger partial charge < -0.3 is 11.1 Å². The Balaban J connectivity index is 1.25. The Hall–Kier alpha value is -3.57. The summed E-state index contributed by atoms with van der Waals surface area (Å²) in [5.74, 6) is -0.192. The van der Waals surface area contributed by atoms with Gasteiger partial charge in [0.15, 0.2) is 0 Å². The molecule has 1 aliphatic heterocycles. The van der Waals surface area contributed by atoms with E-state index in [4.69, 9.17) is 10.7 Å². The first kappa shape index (κ1) is 23.8. The van der Waals surface area contributed by atoms with Crippen LogP contribution in [0.4, 0.5) is 5.69 Å². The Kier molecular flexibility index (Phi) is 6.47. The maximum atomic E-state index is 13.3. The number of pyridine rings is 2. The van der Waals surface area contributed by atoms with Crippen molar-refractivity contribution in [1.29, 1.82) is 0 Å². The molecule has 5 heterocycles. The summed E-state index contributed by atoms with van der Waals surface area (Å²) >= 11 is 2.88. The van der Waals surface area contributed by atoms with Gasteiger partial charge in [0.25, 0.3) is 5.91 Å². The van der Waals surface area contributed by atoms with Crippen molar-refractivity contribution in [2.75, 3.05) is 18.4 Å². The van der Waals surface area contributed by atoms with Crippen LogP contribution in [0.15, 0.2) is 61.1 Å². The first-order chi connectivity index (χ1) is 18.0. The van der Waals surface area contributed by atoms with Crippen LogP contribution in [-0.4, -0.2) is 49.9 Å². The van der Waals surface area contributed by atoms with E-state index in [1.54, 1.807) is 12.4 Å². The monoisotopic (exact) mass is 527 g/mol. The summed E-state index contributed by atoms with van der Waals surface area (Å²) in [6, 6.07) is 13.9. The Morgan fingerprint density at radius 1 is 1.14 bits per heavy atom. The number of benzene rings is 1. The van der Waals surface area contributed by atoms with E-state index in [9.17, 15) is 4.79 Å². The van der Waals surface area contributed by atoms with Crippen molar-refractivity contribution < 1.29 is 4.79 Å². The first-order valence-electron chi connectivity index (χ1n) is 12.1. The van der Waals surface area contributed by atoms with Crippen LogP contribution in [0, 0.1) is 6.92 Å². The van der Waals surface area contributed by atoms with Gasteiger partial charge in [0.2, 0.25) is 0 Å². The molecule has 0 bridgehead atoms. The van der Waals surface area contributed by atoms with Crippen LogP contribution in [-0.2, 0) is 6.54 Å². The van der Waals surface area contributed by atoms with E-state index in [-0.39, 0.29) is 11.9 Å². The molecule has 37 heavy (non-hydrogen) atoms. The lowest BCUT2D eigenvalue weighted by Gasteiger charge is -2.14. The Bertz CT molecular complexity index is 1580. The fourth-order valence-corrected chi connectivity index (χ4v) is 6.39. The maximum absolute atomic E-state index is 13.3. The second-order valence-electron chi connectivity index (χ2n) is 9.15. The molecule has 186 valence electrons. The summed E-state index contributed by atoms with van der Waals surface area (Å²) < 4.78 is 0. The molecule has 0 aliphatic carbocycles. The highest BCUT2D eigenvalue weighted by Crippen LogP contribution is 2.35. The number of nitrogens with one attached hydrogen (secondary N) is 1. The molecule has 0 unspecified atom stereocenters. The number of aromatic nitrogens is 4. The quantitative estimate of drug-likeness (QED) is 0.321. The minimum Gasteiger partial charge on any atom is -0.326 e. The molecule has 5 aromatic rings. The standard InChI is InChI=1S/C27H25N7OS2/c1-16-23(36-25(31-16)18-5-4-9-29-13-18)24(35)32-21-7-3-2-6-20(21)26-33-22-11-17(12-30-27(22)37-26)14-34-10-8-19(28)15-34/h2-7,9,11-13,19H,8,10,14-15,28H2,1H3,(H,32,35)/t19-/m1/s1. The van der Waals surface area contributed by atoms with Gasteiger partial charge in [-0.25, -0.2) is 15.0 Å². The third-order valence-electron chi connectivity index (χ3n) is 6.34. The molecule has 0 spiro atoms. The number of thiazole rings is 2. The van der Waals surface area contributed by atoms with Gasteiger partial charge in [0.05, 0.1) is 11.4 Å². The summed E-state index contributed by atoms with van der Waals surface area (Å²) in [6.45, 7) is 4.60. The number of hydrogen-bond acceptors (Lipinski definition) is 9. The predicted molar refractivity (Wildman–Crippen MR) is 149 cm³/mol. The van der Waals surface area contributed by atoms with Crippen LogP contribution in [0.2, 0.25) is 0 Å². The number of hydrogen-bond donors (Lipinski definition) is 2. The average molecular weight is 528 g/mol. The number of anilines is 1. The Labute approximate surface area is 222 Å². The van der Waals surface area contributed by atoms with Crippen molar-refractivity contribution in [2.24, 2.45) is 5.73 Å². The zero-order chi connectivity index (χ0) is 25.4. The number of amides is 1. The molecular weight excluding hydrogens is 502 g/mol. The highest BCUT2D eigenvalue weighted by atomic mass is 32.1. The smallest absolute Gasteiger partial charge is 0.267 e. The van der Waals surface area contributed by atoms with E-state index in [1.165, 1.54) is 22.7 Å². The number of fused-ring (bicyclic) bond motifs is 1. The fourth-order valence-electron chi connectivity index (χ4n) is 4.51. The third-order valence-corrected chi connectivity index (χ3v) is 8.55. The number of carbonyl (C=O) groups excluding carboxylic acids is 1. The molecule has 1 aliphatic rings. The zero-order valence-corrected chi connectivity index (χ0v) is 21.9. The van der Waals surface area contributed by atoms with E-state index >= 15 is 0 Å². The molecule has 1 aromatic carbocycles. The Morgan fingerprint density at radius 3 is 2.84 bits per heavy atom. The van der Waals surface area contributed by atoms with Crippen molar-refractivity contribution in [3.05, 3.63) is 77.2 Å². The zero-order valence-electron chi connectivity index (χ0n) is 20.2. The van der Waals surface area contributed by atoms with E-state index in [0.29, 0.717) is 16.3 Å². The summed E-state index contributed by atoms with van der Waals surface area (Å²) in [6.07, 6.45) is 6.43. The molecule has 0 saturated carbocycles. The van der Waals surface area contributed by atoms with Gasteiger partial charge >= 0.3 is 0 Å². The molecule has 1 saturated heterocycles. The molecule has 1 atom stereocenters. The van der Waals surface area contributed by atoms with Gasteiger partial charge in [0.1, 0.15) is 25.2 Å². The summed E-state index contributed by atoms with van der Waals surface area (Å²) in [4.78, 5) is 35.4. The fraction of sp³-hybridized carbons (Fsp3) is 0.222. The van der Waals surface area contributed by atoms with Crippen molar-refractivity contribution in [1.82, 2.24) is 24.8 Å². The summed E-state index contributed by atoms with van der Waals surface area (Å²) in [7, 11) is 0. The number of nitrogens with zero attached hydrogens (tertiary/aromatic N) is 5. The molecule has 4 aromatic heterocycles. The van der Waals surface area contributed by atoms with Crippen molar-refractivity contribution in [2.45, 2.75) is 25.9 Å². The number of nitrogens with two attached hydrogens (primary N) is 1. The van der Waals surface area contributed by atoms with Crippen LogP contribution < -0.4 is 11.1 Å². The van der Waals surface area contributed by atoms with Gasteiger partial charge in [-0.3, -0.25) is 14.7 Å². The van der Waals surface area contributed by atoms with Gasteiger partial charge in [-0.15, -0.1) is 11.3 Å². The molecule has 0 radical (unpaired) electrons. The molecule has 1 amide bonds. The highest BCUT2D eigenvalue weighted by molar-refractivity contribution is 7.21. The summed E-state index contributed by atoms with van der Waals surface area (Å²) in [5.41, 5.74) is 11.2. The van der Waals surface area contributed by atoms with Crippen LogP contribution >= 0.6 is 22.7 Å². The predicted octanol–water partition coefficient (Wildman–Crippen LogP) is 4.97. The SMILES string of the molecule is Cc1nc(-c2cccnc2)sc1C(=O)Nc1ccccc1-c1nc2cc(CN3CC[C@@H](N)C3)cnc2s1. The molecule has 8 nitrogen and oxygen atoms in total. The average Bonchev–Trinajstić information content (AvgIpc) is 3.63. The van der Waals surface area contributed by atoms with Crippen LogP contribution in [0.3, 0.4) is 0 Å². The van der Waals surface area contributed by atoms with Gasteiger partial charge in [-0.1, -0.05) is 23.5 Å². The van der Waals surface area contributed by atoms with Crippen LogP contribution in [0.1, 0.15) is 27.3 Å². The van der Waals surface area contributed by atoms with E-state index in [1.807, 2.05) is 49.5 Å². The summed E-state index contributed by atoms with van der Waals surface area (Å²) in [5, 5.41) is 4.67. The molecular formula is C27H25N7OS2. The number of likely N-dealkylation sites (tertiary alicyclic amines) is 1. The van der Waals surface area contributed by atoms with E-state index in [0.717, 1.165) is 63.1 Å². The minimum absolute atomic E-state index is 0.192. The largest absolute Gasteiger partial charge is 0.326 e. The van der Waals surface area contributed by atoms with E-state index in [2.05, 4.69) is 31.2 Å². The Morgan fingerprint density at radius 2 is 2.03 bits per heavy atom. The van der Waals surface area contributed by atoms with Gasteiger partial charge in [-0.2, -0.15) is 0 Å². The highest BCUT2D eigenvalue weighted by Gasteiger charge is 2.21. The molecule has 6 rings (SSSR count). The maximum Gasteiger partial charge on any atom is 0.267 e. The lowest BCUT2D eigenvalue weighted by Crippen LogP contribution is -2.26. The van der Waals surface area contributed by atoms with Crippen molar-refractivity contribution in [3.63, 3.8) is 0 Å². The van der Waals surface area contributed by atoms with Crippen molar-refractivity contribution >= 4 is 44.6 Å². The molecule has 1 fully saturated rings. The number of rotatable bonds is 6. The number of carbonyl (C=O) groups is 1. The van der Waals surface area contributed by atoms with Crippen LogP contribution in [0.25, 0.3) is 31.5 Å². The normalized spacial score (nSPS) is 15.9. The second kappa shape index (κ2) is 10.1. The molecule has 10 heteroatoms. The van der Waals surface area contributed by atoms with Crippen LogP contribution in [0.5, 0.6) is 0 Å².